The van der Waals surface area contributed by atoms with Gasteiger partial charge in [-0.2, -0.15) is 0 Å². The van der Waals surface area contributed by atoms with E-state index in [9.17, 15) is 4.79 Å². The summed E-state index contributed by atoms with van der Waals surface area (Å²) in [5.74, 6) is 1.63. The maximum atomic E-state index is 12.5. The Kier molecular flexibility index (Phi) is 5.91. The summed E-state index contributed by atoms with van der Waals surface area (Å²) >= 11 is 0. The number of pyridine rings is 1. The van der Waals surface area contributed by atoms with Crippen molar-refractivity contribution in [3.8, 4) is 17.4 Å². The number of aromatic nitrogens is 1. The van der Waals surface area contributed by atoms with Crippen LogP contribution in [-0.2, 0) is 0 Å². The number of anilines is 1. The number of rotatable bonds is 5. The third-order valence-corrected chi connectivity index (χ3v) is 4.43. The Hall–Kier alpha value is -2.80. The number of methoxy groups -OCH3 is 1. The molecule has 0 spiro atoms. The van der Waals surface area contributed by atoms with E-state index in [1.165, 1.54) is 0 Å². The first-order chi connectivity index (χ1) is 12.7. The Labute approximate surface area is 153 Å². The quantitative estimate of drug-likeness (QED) is 0.858. The molecule has 1 aromatic carbocycles. The minimum atomic E-state index is -0.139. The number of ether oxygens (including phenoxy) is 2. The summed E-state index contributed by atoms with van der Waals surface area (Å²) in [7, 11) is 1.59. The SMILES string of the molecule is COc1ccccc1Oc1ccc(NC(=O)N2CCCC[C@@H]2CN)cn1. The minimum absolute atomic E-state index is 0.102. The minimum Gasteiger partial charge on any atom is -0.493 e. The Morgan fingerprint density at radius 2 is 2.08 bits per heavy atom. The molecule has 1 aliphatic heterocycles. The van der Waals surface area contributed by atoms with Gasteiger partial charge in [0, 0.05) is 25.2 Å². The van der Waals surface area contributed by atoms with Crippen molar-refractivity contribution < 1.29 is 14.3 Å². The van der Waals surface area contributed by atoms with Crippen LogP contribution in [0.4, 0.5) is 10.5 Å². The molecule has 7 heteroatoms. The molecular weight excluding hydrogens is 332 g/mol. The standard InChI is InChI=1S/C19H24N4O3/c1-25-16-7-2-3-8-17(16)26-18-10-9-14(13-21-18)22-19(24)23-11-5-4-6-15(23)12-20/h2-3,7-10,13,15H,4-6,11-12,20H2,1H3,(H,22,24)/t15-/m1/s1. The highest BCUT2D eigenvalue weighted by Crippen LogP contribution is 2.30. The van der Waals surface area contributed by atoms with Gasteiger partial charge in [-0.25, -0.2) is 9.78 Å². The zero-order valence-corrected chi connectivity index (χ0v) is 14.9. The summed E-state index contributed by atoms with van der Waals surface area (Å²) in [5.41, 5.74) is 6.40. The first kappa shape index (κ1) is 18.0. The number of para-hydroxylation sites is 2. The lowest BCUT2D eigenvalue weighted by atomic mass is 10.0. The fourth-order valence-corrected chi connectivity index (χ4v) is 3.04. The second-order valence-corrected chi connectivity index (χ2v) is 6.15. The van der Waals surface area contributed by atoms with Crippen molar-refractivity contribution in [3.05, 3.63) is 42.6 Å². The van der Waals surface area contributed by atoms with Gasteiger partial charge in [0.05, 0.1) is 19.0 Å². The number of carbonyl (C=O) groups is 1. The zero-order chi connectivity index (χ0) is 18.4. The van der Waals surface area contributed by atoms with Crippen LogP contribution < -0.4 is 20.5 Å². The van der Waals surface area contributed by atoms with Crippen LogP contribution in [-0.4, -0.2) is 42.2 Å². The summed E-state index contributed by atoms with van der Waals surface area (Å²) in [6.45, 7) is 1.22. The van der Waals surface area contributed by atoms with Crippen molar-refractivity contribution in [1.82, 2.24) is 9.88 Å². The molecule has 26 heavy (non-hydrogen) atoms. The number of amides is 2. The van der Waals surface area contributed by atoms with Crippen molar-refractivity contribution in [3.63, 3.8) is 0 Å². The topological polar surface area (TPSA) is 89.7 Å². The highest BCUT2D eigenvalue weighted by molar-refractivity contribution is 5.89. The van der Waals surface area contributed by atoms with E-state index in [1.54, 1.807) is 31.5 Å². The number of piperidine rings is 1. The molecule has 2 aromatic rings. The average Bonchev–Trinajstić information content (AvgIpc) is 2.69. The smallest absolute Gasteiger partial charge is 0.322 e. The summed E-state index contributed by atoms with van der Waals surface area (Å²) in [4.78, 5) is 18.5. The fourth-order valence-electron chi connectivity index (χ4n) is 3.04. The van der Waals surface area contributed by atoms with Gasteiger partial charge in [-0.05, 0) is 37.5 Å². The van der Waals surface area contributed by atoms with Crippen LogP contribution in [0.5, 0.6) is 17.4 Å². The number of hydrogen-bond acceptors (Lipinski definition) is 5. The van der Waals surface area contributed by atoms with E-state index in [4.69, 9.17) is 15.2 Å². The van der Waals surface area contributed by atoms with Gasteiger partial charge >= 0.3 is 6.03 Å². The number of hydrogen-bond donors (Lipinski definition) is 2. The number of likely N-dealkylation sites (tertiary alicyclic amines) is 1. The molecule has 0 radical (unpaired) electrons. The first-order valence-electron chi connectivity index (χ1n) is 8.76. The fraction of sp³-hybridized carbons (Fsp3) is 0.368. The van der Waals surface area contributed by atoms with E-state index < -0.39 is 0 Å². The van der Waals surface area contributed by atoms with Crippen LogP contribution in [0.1, 0.15) is 19.3 Å². The molecule has 0 bridgehead atoms. The van der Waals surface area contributed by atoms with E-state index in [0.29, 0.717) is 29.6 Å². The molecule has 3 N–H and O–H groups in total. The molecule has 1 saturated heterocycles. The molecule has 3 rings (SSSR count). The largest absolute Gasteiger partial charge is 0.493 e. The van der Waals surface area contributed by atoms with Gasteiger partial charge in [-0.3, -0.25) is 0 Å². The molecule has 2 heterocycles. The lowest BCUT2D eigenvalue weighted by molar-refractivity contribution is 0.166. The summed E-state index contributed by atoms with van der Waals surface area (Å²) in [6, 6.07) is 10.8. The molecule has 1 aromatic heterocycles. The molecule has 138 valence electrons. The Morgan fingerprint density at radius 3 is 2.77 bits per heavy atom. The van der Waals surface area contributed by atoms with E-state index in [2.05, 4.69) is 10.3 Å². The van der Waals surface area contributed by atoms with Crippen LogP contribution in [0, 0.1) is 0 Å². The second-order valence-electron chi connectivity index (χ2n) is 6.15. The summed E-state index contributed by atoms with van der Waals surface area (Å²) in [5, 5.41) is 2.88. The van der Waals surface area contributed by atoms with E-state index in [0.717, 1.165) is 25.8 Å². The predicted octanol–water partition coefficient (Wildman–Crippen LogP) is 3.23. The number of urea groups is 1. The molecule has 2 amide bonds. The number of nitrogens with one attached hydrogen (secondary N) is 1. The number of nitrogens with zero attached hydrogens (tertiary/aromatic N) is 2. The molecule has 0 aliphatic carbocycles. The molecular formula is C19H24N4O3. The maximum absolute atomic E-state index is 12.5. The molecule has 0 saturated carbocycles. The highest BCUT2D eigenvalue weighted by Gasteiger charge is 2.25. The Balaban J connectivity index is 1.63. The van der Waals surface area contributed by atoms with Crippen LogP contribution >= 0.6 is 0 Å². The Bertz CT molecular complexity index is 736. The van der Waals surface area contributed by atoms with E-state index in [1.807, 2.05) is 23.1 Å². The van der Waals surface area contributed by atoms with Crippen molar-refractivity contribution in [2.75, 3.05) is 25.5 Å². The average molecular weight is 356 g/mol. The lowest BCUT2D eigenvalue weighted by Crippen LogP contribution is -2.49. The van der Waals surface area contributed by atoms with Gasteiger partial charge in [0.25, 0.3) is 0 Å². The third-order valence-electron chi connectivity index (χ3n) is 4.43. The molecule has 1 atom stereocenters. The summed E-state index contributed by atoms with van der Waals surface area (Å²) in [6.07, 6.45) is 4.65. The third kappa shape index (κ3) is 4.23. The van der Waals surface area contributed by atoms with Gasteiger partial charge in [0.2, 0.25) is 5.88 Å². The van der Waals surface area contributed by atoms with Crippen LogP contribution in [0.15, 0.2) is 42.6 Å². The molecule has 1 fully saturated rings. The number of nitrogens with two attached hydrogens (primary N) is 1. The molecule has 7 nitrogen and oxygen atoms in total. The Morgan fingerprint density at radius 1 is 1.27 bits per heavy atom. The van der Waals surface area contributed by atoms with Gasteiger partial charge in [0.1, 0.15) is 0 Å². The van der Waals surface area contributed by atoms with Gasteiger partial charge in [-0.1, -0.05) is 12.1 Å². The second kappa shape index (κ2) is 8.53. The monoisotopic (exact) mass is 356 g/mol. The van der Waals surface area contributed by atoms with Crippen molar-refractivity contribution in [1.29, 1.82) is 0 Å². The van der Waals surface area contributed by atoms with Crippen LogP contribution in [0.25, 0.3) is 0 Å². The van der Waals surface area contributed by atoms with Gasteiger partial charge in [-0.15, -0.1) is 0 Å². The molecule has 0 unspecified atom stereocenters. The van der Waals surface area contributed by atoms with Crippen LogP contribution in [0.2, 0.25) is 0 Å². The number of benzene rings is 1. The highest BCUT2D eigenvalue weighted by atomic mass is 16.5. The van der Waals surface area contributed by atoms with Gasteiger partial charge < -0.3 is 25.4 Å². The number of carbonyl (C=O) groups excluding carboxylic acids is 1. The van der Waals surface area contributed by atoms with Crippen LogP contribution in [0.3, 0.4) is 0 Å². The summed E-state index contributed by atoms with van der Waals surface area (Å²) < 4.78 is 11.0. The van der Waals surface area contributed by atoms with Crippen molar-refractivity contribution >= 4 is 11.7 Å². The predicted molar refractivity (Wildman–Crippen MR) is 99.7 cm³/mol. The van der Waals surface area contributed by atoms with E-state index >= 15 is 0 Å². The lowest BCUT2D eigenvalue weighted by Gasteiger charge is -2.34. The first-order valence-corrected chi connectivity index (χ1v) is 8.76. The van der Waals surface area contributed by atoms with E-state index in [-0.39, 0.29) is 12.1 Å². The van der Waals surface area contributed by atoms with Gasteiger partial charge in [0.15, 0.2) is 11.5 Å². The maximum Gasteiger partial charge on any atom is 0.322 e. The van der Waals surface area contributed by atoms with Crippen molar-refractivity contribution in [2.24, 2.45) is 5.73 Å². The normalized spacial score (nSPS) is 16.8. The zero-order valence-electron chi connectivity index (χ0n) is 14.9. The van der Waals surface area contributed by atoms with Crippen molar-refractivity contribution in [2.45, 2.75) is 25.3 Å². The molecule has 1 aliphatic rings.